The smallest absolute Gasteiger partial charge is 0.258 e. The molecule has 1 aliphatic heterocycles. The third-order valence-electron chi connectivity index (χ3n) is 4.32. The van der Waals surface area contributed by atoms with Crippen molar-refractivity contribution in [1.82, 2.24) is 9.88 Å². The minimum Gasteiger partial charge on any atom is -0.360 e. The predicted octanol–water partition coefficient (Wildman–Crippen LogP) is 5.16. The molecule has 1 N–H and O–H groups in total. The number of halogens is 2. The number of nitrogens with one attached hydrogen (secondary N) is 1. The summed E-state index contributed by atoms with van der Waals surface area (Å²) in [6.45, 7) is 0.481. The van der Waals surface area contributed by atoms with Crippen LogP contribution >= 0.6 is 23.2 Å². The van der Waals surface area contributed by atoms with Gasteiger partial charge in [-0.3, -0.25) is 9.78 Å². The van der Waals surface area contributed by atoms with Crippen LogP contribution in [0.4, 0.5) is 5.69 Å². The third kappa shape index (κ3) is 3.14. The summed E-state index contributed by atoms with van der Waals surface area (Å²) in [6, 6.07) is 18.8. The molecule has 1 unspecified atom stereocenters. The molecule has 130 valence electrons. The maximum Gasteiger partial charge on any atom is 0.258 e. The summed E-state index contributed by atoms with van der Waals surface area (Å²) in [6.07, 6.45) is 1.32. The minimum absolute atomic E-state index is 0.0467. The summed E-state index contributed by atoms with van der Waals surface area (Å²) < 4.78 is 0. The van der Waals surface area contributed by atoms with Crippen molar-refractivity contribution in [2.45, 2.75) is 12.7 Å². The molecule has 0 saturated carbocycles. The Morgan fingerprint density at radius 3 is 2.58 bits per heavy atom. The molecule has 2 heterocycles. The van der Waals surface area contributed by atoms with E-state index in [9.17, 15) is 4.79 Å². The number of fused-ring (bicyclic) bond motifs is 1. The van der Waals surface area contributed by atoms with E-state index in [2.05, 4.69) is 10.3 Å². The van der Waals surface area contributed by atoms with Crippen LogP contribution in [-0.4, -0.2) is 15.8 Å². The fourth-order valence-electron chi connectivity index (χ4n) is 3.07. The Hall–Kier alpha value is -2.56. The van der Waals surface area contributed by atoms with Gasteiger partial charge in [0.2, 0.25) is 0 Å². The van der Waals surface area contributed by atoms with Crippen LogP contribution < -0.4 is 5.32 Å². The Morgan fingerprint density at radius 2 is 1.81 bits per heavy atom. The summed E-state index contributed by atoms with van der Waals surface area (Å²) in [5.74, 6) is -0.0467. The van der Waals surface area contributed by atoms with Gasteiger partial charge >= 0.3 is 0 Å². The van der Waals surface area contributed by atoms with E-state index < -0.39 is 0 Å². The molecular formula is C20H15Cl2N3O. The van der Waals surface area contributed by atoms with Crippen LogP contribution in [0.1, 0.15) is 27.8 Å². The Morgan fingerprint density at radius 1 is 1.00 bits per heavy atom. The zero-order valence-electron chi connectivity index (χ0n) is 13.7. The van der Waals surface area contributed by atoms with Gasteiger partial charge in [-0.2, -0.15) is 0 Å². The van der Waals surface area contributed by atoms with Crippen LogP contribution in [0.3, 0.4) is 0 Å². The van der Waals surface area contributed by atoms with Crippen LogP contribution in [-0.2, 0) is 6.54 Å². The van der Waals surface area contributed by atoms with Gasteiger partial charge in [0.15, 0.2) is 0 Å². The molecule has 0 fully saturated rings. The highest BCUT2D eigenvalue weighted by molar-refractivity contribution is 6.42. The molecule has 1 amide bonds. The second kappa shape index (κ2) is 6.98. The number of hydrogen-bond acceptors (Lipinski definition) is 3. The normalized spacial score (nSPS) is 15.8. The second-order valence-electron chi connectivity index (χ2n) is 6.03. The van der Waals surface area contributed by atoms with Crippen LogP contribution in [0.5, 0.6) is 0 Å². The number of benzene rings is 2. The van der Waals surface area contributed by atoms with Crippen LogP contribution in [0.15, 0.2) is 66.9 Å². The van der Waals surface area contributed by atoms with E-state index in [0.717, 1.165) is 11.3 Å². The average molecular weight is 384 g/mol. The number of anilines is 1. The van der Waals surface area contributed by atoms with Gasteiger partial charge < -0.3 is 10.2 Å². The monoisotopic (exact) mass is 383 g/mol. The molecule has 26 heavy (non-hydrogen) atoms. The summed E-state index contributed by atoms with van der Waals surface area (Å²) in [7, 11) is 0. The summed E-state index contributed by atoms with van der Waals surface area (Å²) in [5.41, 5.74) is 3.14. The average Bonchev–Trinajstić information content (AvgIpc) is 2.92. The summed E-state index contributed by atoms with van der Waals surface area (Å²) >= 11 is 12.1. The molecule has 6 heteroatoms. The van der Waals surface area contributed by atoms with Crippen molar-refractivity contribution < 1.29 is 4.79 Å². The number of rotatable bonds is 4. The fraction of sp³-hybridized carbons (Fsp3) is 0.100. The van der Waals surface area contributed by atoms with Gasteiger partial charge in [0.1, 0.15) is 6.17 Å². The van der Waals surface area contributed by atoms with E-state index in [1.807, 2.05) is 36.4 Å². The maximum absolute atomic E-state index is 12.9. The highest BCUT2D eigenvalue weighted by atomic mass is 35.5. The highest BCUT2D eigenvalue weighted by Crippen LogP contribution is 2.35. The van der Waals surface area contributed by atoms with Crippen LogP contribution in [0.2, 0.25) is 10.0 Å². The number of nitrogens with zero attached hydrogens (tertiary/aromatic N) is 2. The highest BCUT2D eigenvalue weighted by Gasteiger charge is 2.37. The number of hydrogen-bond donors (Lipinski definition) is 1. The van der Waals surface area contributed by atoms with Crippen molar-refractivity contribution in [2.24, 2.45) is 0 Å². The van der Waals surface area contributed by atoms with Gasteiger partial charge in [0.25, 0.3) is 5.91 Å². The predicted molar refractivity (Wildman–Crippen MR) is 103 cm³/mol. The Balaban J connectivity index is 1.69. The van der Waals surface area contributed by atoms with E-state index in [1.54, 1.807) is 35.4 Å². The van der Waals surface area contributed by atoms with Gasteiger partial charge in [-0.1, -0.05) is 53.5 Å². The first-order valence-electron chi connectivity index (χ1n) is 8.15. The maximum atomic E-state index is 12.9. The number of amides is 1. The number of aromatic nitrogens is 1. The largest absolute Gasteiger partial charge is 0.360 e. The third-order valence-corrected chi connectivity index (χ3v) is 5.06. The summed E-state index contributed by atoms with van der Waals surface area (Å²) in [4.78, 5) is 19.1. The summed E-state index contributed by atoms with van der Waals surface area (Å²) in [5, 5.41) is 4.31. The van der Waals surface area contributed by atoms with Gasteiger partial charge in [0, 0.05) is 18.4 Å². The first-order valence-corrected chi connectivity index (χ1v) is 8.90. The topological polar surface area (TPSA) is 45.2 Å². The van der Waals surface area contributed by atoms with Crippen molar-refractivity contribution in [2.75, 3.05) is 5.32 Å². The van der Waals surface area contributed by atoms with Gasteiger partial charge in [-0.05, 0) is 35.9 Å². The van der Waals surface area contributed by atoms with E-state index >= 15 is 0 Å². The lowest BCUT2D eigenvalue weighted by molar-refractivity contribution is 0.0728. The van der Waals surface area contributed by atoms with Crippen LogP contribution in [0.25, 0.3) is 0 Å². The molecule has 2 aromatic carbocycles. The molecule has 1 aromatic heterocycles. The van der Waals surface area contributed by atoms with Crippen molar-refractivity contribution in [3.8, 4) is 0 Å². The first-order chi connectivity index (χ1) is 12.6. The van der Waals surface area contributed by atoms with Gasteiger partial charge in [0.05, 0.1) is 21.3 Å². The minimum atomic E-state index is -0.379. The molecule has 4 rings (SSSR count). The Kier molecular flexibility index (Phi) is 4.53. The number of carbonyl (C=O) groups excluding carboxylic acids is 1. The molecule has 0 radical (unpaired) electrons. The molecular weight excluding hydrogens is 369 g/mol. The molecule has 0 saturated heterocycles. The fourth-order valence-corrected chi connectivity index (χ4v) is 3.37. The Bertz CT molecular complexity index is 962. The molecule has 0 spiro atoms. The van der Waals surface area contributed by atoms with Gasteiger partial charge in [-0.15, -0.1) is 0 Å². The van der Waals surface area contributed by atoms with Crippen molar-refractivity contribution >= 4 is 34.8 Å². The number of pyridine rings is 1. The van der Waals surface area contributed by atoms with Gasteiger partial charge in [-0.25, -0.2) is 0 Å². The molecule has 1 atom stereocenters. The first kappa shape index (κ1) is 16.9. The number of carbonyl (C=O) groups is 1. The molecule has 3 aromatic rings. The zero-order valence-corrected chi connectivity index (χ0v) is 15.2. The standard InChI is InChI=1S/C20H15Cl2N3O/c21-16-9-8-14(11-17(16)22)24-19-18-15(7-4-10-23-18)20(26)25(19)12-13-5-2-1-3-6-13/h1-11,19,24H,12H2. The lowest BCUT2D eigenvalue weighted by Gasteiger charge is -2.26. The van der Waals surface area contributed by atoms with Crippen molar-refractivity contribution in [1.29, 1.82) is 0 Å². The van der Waals surface area contributed by atoms with E-state index in [1.165, 1.54) is 0 Å². The zero-order chi connectivity index (χ0) is 18.1. The van der Waals surface area contributed by atoms with E-state index in [4.69, 9.17) is 23.2 Å². The molecule has 0 bridgehead atoms. The lowest BCUT2D eigenvalue weighted by Crippen LogP contribution is -2.32. The van der Waals surface area contributed by atoms with Crippen molar-refractivity contribution in [3.63, 3.8) is 0 Å². The molecule has 4 nitrogen and oxygen atoms in total. The molecule has 1 aliphatic rings. The van der Waals surface area contributed by atoms with E-state index in [0.29, 0.717) is 27.8 Å². The van der Waals surface area contributed by atoms with Crippen LogP contribution in [0, 0.1) is 0 Å². The quantitative estimate of drug-likeness (QED) is 0.676. The second-order valence-corrected chi connectivity index (χ2v) is 6.85. The van der Waals surface area contributed by atoms with E-state index in [-0.39, 0.29) is 12.1 Å². The van der Waals surface area contributed by atoms with Crippen molar-refractivity contribution in [3.05, 3.63) is 93.7 Å². The Labute approximate surface area is 161 Å². The molecule has 0 aliphatic carbocycles. The lowest BCUT2D eigenvalue weighted by atomic mass is 10.2. The SMILES string of the molecule is O=C1c2cccnc2C(Nc2ccc(Cl)c(Cl)c2)N1Cc1ccccc1.